The third-order valence-electron chi connectivity index (χ3n) is 5.58. The van der Waals surface area contributed by atoms with E-state index in [9.17, 15) is 13.2 Å². The topological polar surface area (TPSA) is 98.5 Å². The van der Waals surface area contributed by atoms with E-state index in [2.05, 4.69) is 42.6 Å². The van der Waals surface area contributed by atoms with Crippen molar-refractivity contribution in [1.29, 1.82) is 0 Å². The zero-order chi connectivity index (χ0) is 24.4. The lowest BCUT2D eigenvalue weighted by Crippen LogP contribution is -2.26. The minimum absolute atomic E-state index is 0.0192. The second-order valence-electron chi connectivity index (χ2n) is 9.02. The summed E-state index contributed by atoms with van der Waals surface area (Å²) in [6.07, 6.45) is 1.89. The summed E-state index contributed by atoms with van der Waals surface area (Å²) >= 11 is 0. The predicted molar refractivity (Wildman–Crippen MR) is 127 cm³/mol. The number of carbonyl (C=O) groups is 1. The van der Waals surface area contributed by atoms with Crippen LogP contribution in [0, 0.1) is 13.8 Å². The lowest BCUT2D eigenvalue weighted by molar-refractivity contribution is 0.0599. The Balaban J connectivity index is 1.68. The van der Waals surface area contributed by atoms with E-state index in [1.165, 1.54) is 25.0 Å². The Morgan fingerprint density at radius 3 is 2.39 bits per heavy atom. The first-order chi connectivity index (χ1) is 15.4. The molecule has 7 nitrogen and oxygen atoms in total. The number of methoxy groups -OCH3 is 1. The Kier molecular flexibility index (Phi) is 7.09. The number of aryl methyl sites for hydroxylation is 1. The number of nitrogens with one attached hydrogen (secondary N) is 1. The number of hydrogen-bond acceptors (Lipinski definition) is 6. The normalized spacial score (nSPS) is 12.1. The van der Waals surface area contributed by atoms with Crippen molar-refractivity contribution < 1.29 is 22.4 Å². The Morgan fingerprint density at radius 2 is 1.79 bits per heavy atom. The Bertz CT molecular complexity index is 1250. The van der Waals surface area contributed by atoms with Crippen LogP contribution in [0.1, 0.15) is 53.5 Å². The molecule has 0 unspecified atom stereocenters. The molecule has 8 heteroatoms. The lowest BCUT2D eigenvalue weighted by Gasteiger charge is -2.18. The number of rotatable bonds is 7. The highest BCUT2D eigenvalue weighted by molar-refractivity contribution is 7.89. The first kappa shape index (κ1) is 24.7. The molecule has 0 radical (unpaired) electrons. The molecule has 2 aromatic carbocycles. The highest BCUT2D eigenvalue weighted by atomic mass is 32.2. The van der Waals surface area contributed by atoms with Crippen LogP contribution in [-0.2, 0) is 26.6 Å². The molecule has 0 aliphatic carbocycles. The van der Waals surface area contributed by atoms with E-state index in [0.29, 0.717) is 29.1 Å². The minimum atomic E-state index is -3.81. The van der Waals surface area contributed by atoms with Gasteiger partial charge in [-0.3, -0.25) is 0 Å². The van der Waals surface area contributed by atoms with Crippen molar-refractivity contribution in [3.63, 3.8) is 0 Å². The molecule has 0 spiro atoms. The first-order valence-corrected chi connectivity index (χ1v) is 12.2. The van der Waals surface area contributed by atoms with Crippen molar-refractivity contribution in [1.82, 2.24) is 9.71 Å². The summed E-state index contributed by atoms with van der Waals surface area (Å²) in [5.41, 5.74) is 4.39. The van der Waals surface area contributed by atoms with E-state index < -0.39 is 16.0 Å². The maximum absolute atomic E-state index is 12.8. The molecule has 3 aromatic rings. The molecule has 0 saturated heterocycles. The van der Waals surface area contributed by atoms with Gasteiger partial charge in [0.15, 0.2) is 0 Å². The van der Waals surface area contributed by atoms with E-state index in [1.54, 1.807) is 19.9 Å². The molecule has 1 aromatic heterocycles. The summed E-state index contributed by atoms with van der Waals surface area (Å²) < 4.78 is 38.5. The van der Waals surface area contributed by atoms with Gasteiger partial charge in [-0.15, -0.1) is 0 Å². The van der Waals surface area contributed by atoms with E-state index in [1.807, 2.05) is 12.1 Å². The quantitative estimate of drug-likeness (QED) is 0.508. The molecular weight excluding hydrogens is 440 g/mol. The number of nitrogens with zero attached hydrogens (tertiary/aromatic N) is 1. The molecule has 0 saturated carbocycles. The van der Waals surface area contributed by atoms with Crippen LogP contribution in [0.15, 0.2) is 52.0 Å². The van der Waals surface area contributed by atoms with E-state index >= 15 is 0 Å². The van der Waals surface area contributed by atoms with Crippen LogP contribution in [0.3, 0.4) is 0 Å². The van der Waals surface area contributed by atoms with Gasteiger partial charge in [0.2, 0.25) is 15.9 Å². The summed E-state index contributed by atoms with van der Waals surface area (Å²) in [7, 11) is -2.55. The van der Waals surface area contributed by atoms with Crippen LogP contribution in [0.4, 0.5) is 0 Å². The van der Waals surface area contributed by atoms with Crippen LogP contribution >= 0.6 is 0 Å². The molecule has 1 heterocycles. The molecule has 1 N–H and O–H groups in total. The molecule has 0 aliphatic heterocycles. The zero-order valence-corrected chi connectivity index (χ0v) is 20.7. The number of esters is 1. The average molecular weight is 471 g/mol. The second kappa shape index (κ2) is 9.49. The van der Waals surface area contributed by atoms with Crippen LogP contribution in [-0.4, -0.2) is 33.0 Å². The van der Waals surface area contributed by atoms with Crippen LogP contribution < -0.4 is 4.72 Å². The zero-order valence-electron chi connectivity index (χ0n) is 19.9. The van der Waals surface area contributed by atoms with Crippen molar-refractivity contribution in [2.45, 2.75) is 51.3 Å². The van der Waals surface area contributed by atoms with Crippen molar-refractivity contribution in [2.24, 2.45) is 0 Å². The van der Waals surface area contributed by atoms with Gasteiger partial charge in [-0.2, -0.15) is 0 Å². The van der Waals surface area contributed by atoms with Gasteiger partial charge in [0.05, 0.1) is 23.3 Å². The highest BCUT2D eigenvalue weighted by Crippen LogP contribution is 2.26. The minimum Gasteiger partial charge on any atom is -0.465 e. The first-order valence-electron chi connectivity index (χ1n) is 10.7. The molecule has 0 bridgehead atoms. The van der Waals surface area contributed by atoms with Crippen LogP contribution in [0.25, 0.3) is 11.5 Å². The number of benzene rings is 2. The fourth-order valence-electron chi connectivity index (χ4n) is 3.37. The molecule has 0 atom stereocenters. The molecule has 0 amide bonds. The largest absolute Gasteiger partial charge is 0.465 e. The smallest absolute Gasteiger partial charge is 0.338 e. The van der Waals surface area contributed by atoms with Crippen molar-refractivity contribution >= 4 is 16.0 Å². The predicted octanol–water partition coefficient (Wildman–Crippen LogP) is 4.56. The number of ether oxygens (including phenoxy) is 1. The summed E-state index contributed by atoms with van der Waals surface area (Å²) in [6, 6.07) is 10.9. The van der Waals surface area contributed by atoms with E-state index in [-0.39, 0.29) is 22.4 Å². The molecule has 0 aliphatic rings. The maximum atomic E-state index is 12.8. The highest BCUT2D eigenvalue weighted by Gasteiger charge is 2.20. The van der Waals surface area contributed by atoms with Crippen molar-refractivity contribution in [3.05, 3.63) is 70.6 Å². The monoisotopic (exact) mass is 470 g/mol. The Hall–Kier alpha value is -2.97. The van der Waals surface area contributed by atoms with Crippen LogP contribution in [0.2, 0.25) is 0 Å². The summed E-state index contributed by atoms with van der Waals surface area (Å²) in [5, 5.41) is 0. The van der Waals surface area contributed by atoms with Gasteiger partial charge in [0.25, 0.3) is 0 Å². The van der Waals surface area contributed by atoms with Gasteiger partial charge in [-0.25, -0.2) is 22.9 Å². The number of sulfonamides is 1. The van der Waals surface area contributed by atoms with Gasteiger partial charge in [-0.1, -0.05) is 32.9 Å². The molecule has 176 valence electrons. The van der Waals surface area contributed by atoms with Gasteiger partial charge in [-0.05, 0) is 60.2 Å². The Morgan fingerprint density at radius 1 is 1.12 bits per heavy atom. The van der Waals surface area contributed by atoms with Gasteiger partial charge >= 0.3 is 5.97 Å². The summed E-state index contributed by atoms with van der Waals surface area (Å²) in [4.78, 5) is 16.5. The number of carbonyl (C=O) groups excluding carboxylic acids is 1. The number of aromatic nitrogens is 1. The second-order valence-corrected chi connectivity index (χ2v) is 10.8. The fraction of sp³-hybridized carbons (Fsp3) is 0.360. The molecular formula is C25H30N2O5S. The van der Waals surface area contributed by atoms with Crippen molar-refractivity contribution in [2.75, 3.05) is 13.7 Å². The lowest BCUT2D eigenvalue weighted by atomic mass is 9.87. The Labute approximate surface area is 195 Å². The van der Waals surface area contributed by atoms with E-state index in [0.717, 1.165) is 5.56 Å². The van der Waals surface area contributed by atoms with Gasteiger partial charge in [0.1, 0.15) is 6.26 Å². The third kappa shape index (κ3) is 5.69. The number of oxazole rings is 1. The standard InChI is InChI=1S/C25H30N2O5S/c1-16-13-21(14-22(17(16)2)24(28)31-6)33(29,30)26-12-11-20-15-32-23(27-20)18-7-9-19(10-8-18)25(3,4)5/h7-10,13-15,26H,11-12H2,1-6H3. The SMILES string of the molecule is COC(=O)c1cc(S(=O)(=O)NCCc2coc(-c3ccc(C(C)(C)C)cc3)n2)cc(C)c1C. The fourth-order valence-corrected chi connectivity index (χ4v) is 4.51. The molecule has 0 fully saturated rings. The summed E-state index contributed by atoms with van der Waals surface area (Å²) in [6.45, 7) is 10.1. The maximum Gasteiger partial charge on any atom is 0.338 e. The van der Waals surface area contributed by atoms with Gasteiger partial charge < -0.3 is 9.15 Å². The third-order valence-corrected chi connectivity index (χ3v) is 7.02. The average Bonchev–Trinajstić information content (AvgIpc) is 3.23. The molecule has 33 heavy (non-hydrogen) atoms. The molecule has 3 rings (SSSR count). The summed E-state index contributed by atoms with van der Waals surface area (Å²) in [5.74, 6) is -0.0801. The number of hydrogen-bond donors (Lipinski definition) is 1. The van der Waals surface area contributed by atoms with Gasteiger partial charge in [0, 0.05) is 18.5 Å². The van der Waals surface area contributed by atoms with Crippen LogP contribution in [0.5, 0.6) is 0 Å². The van der Waals surface area contributed by atoms with E-state index in [4.69, 9.17) is 9.15 Å². The van der Waals surface area contributed by atoms with Crippen molar-refractivity contribution in [3.8, 4) is 11.5 Å².